The number of methoxy groups -OCH3 is 1. The standard InChI is InChI=1S/C16H13BrClNO3S2/c1-21-14-9(5-10(18)7-12(14)17)6-13-15(20)19(16(23)24-13)8-11-3-2-4-22-11/h2-5,7,13H,6,8H2,1H3/t13-/m1/s1. The third-order valence-corrected chi connectivity index (χ3v) is 5.98. The summed E-state index contributed by atoms with van der Waals surface area (Å²) in [5, 5.41) is 0.287. The van der Waals surface area contributed by atoms with Gasteiger partial charge in [-0.15, -0.1) is 0 Å². The Morgan fingerprint density at radius 2 is 2.29 bits per heavy atom. The average molecular weight is 447 g/mol. The minimum Gasteiger partial charge on any atom is -0.495 e. The average Bonchev–Trinajstić information content (AvgIpc) is 3.11. The van der Waals surface area contributed by atoms with E-state index >= 15 is 0 Å². The summed E-state index contributed by atoms with van der Waals surface area (Å²) in [5.74, 6) is 1.36. The van der Waals surface area contributed by atoms with E-state index in [-0.39, 0.29) is 11.2 Å². The zero-order chi connectivity index (χ0) is 17.3. The van der Waals surface area contributed by atoms with Gasteiger partial charge in [-0.1, -0.05) is 35.6 Å². The van der Waals surface area contributed by atoms with Crippen LogP contribution >= 0.6 is 51.5 Å². The molecule has 0 N–H and O–H groups in total. The van der Waals surface area contributed by atoms with Crippen LogP contribution in [0.15, 0.2) is 39.4 Å². The molecule has 1 aromatic heterocycles. The Morgan fingerprint density at radius 3 is 2.96 bits per heavy atom. The number of hydrogen-bond donors (Lipinski definition) is 0. The number of carbonyl (C=O) groups excluding carboxylic acids is 1. The highest BCUT2D eigenvalue weighted by Crippen LogP contribution is 2.37. The normalized spacial score (nSPS) is 17.6. The van der Waals surface area contributed by atoms with Crippen molar-refractivity contribution in [2.45, 2.75) is 18.2 Å². The van der Waals surface area contributed by atoms with E-state index in [0.717, 1.165) is 10.0 Å². The number of carbonyl (C=O) groups is 1. The number of hydrogen-bond acceptors (Lipinski definition) is 5. The predicted molar refractivity (Wildman–Crippen MR) is 103 cm³/mol. The molecule has 1 aliphatic heterocycles. The first kappa shape index (κ1) is 17.8. The van der Waals surface area contributed by atoms with E-state index in [1.807, 2.05) is 12.1 Å². The number of thiocarbonyl (C=S) groups is 1. The number of amides is 1. The lowest BCUT2D eigenvalue weighted by molar-refractivity contribution is -0.126. The summed E-state index contributed by atoms with van der Waals surface area (Å²) in [6.07, 6.45) is 2.07. The second-order valence-electron chi connectivity index (χ2n) is 5.16. The fraction of sp³-hybridized carbons (Fsp3) is 0.250. The minimum absolute atomic E-state index is 0.0282. The van der Waals surface area contributed by atoms with Crippen molar-refractivity contribution in [3.8, 4) is 5.75 Å². The molecule has 0 bridgehead atoms. The molecule has 0 unspecified atom stereocenters. The minimum atomic E-state index is -0.299. The Morgan fingerprint density at radius 1 is 1.50 bits per heavy atom. The molecule has 1 amide bonds. The number of nitrogens with zero attached hydrogens (tertiary/aromatic N) is 1. The summed E-state index contributed by atoms with van der Waals surface area (Å²) in [6.45, 7) is 0.352. The van der Waals surface area contributed by atoms with Crippen molar-refractivity contribution in [1.82, 2.24) is 4.90 Å². The van der Waals surface area contributed by atoms with Crippen LogP contribution in [0, 0.1) is 0 Å². The molecule has 4 nitrogen and oxygen atoms in total. The molecular weight excluding hydrogens is 434 g/mol. The summed E-state index contributed by atoms with van der Waals surface area (Å²) < 4.78 is 12.1. The summed E-state index contributed by atoms with van der Waals surface area (Å²) in [4.78, 5) is 14.3. The van der Waals surface area contributed by atoms with Crippen molar-refractivity contribution in [3.63, 3.8) is 0 Å². The maximum atomic E-state index is 12.7. The zero-order valence-electron chi connectivity index (χ0n) is 12.6. The Balaban J connectivity index is 1.79. The van der Waals surface area contributed by atoms with Crippen molar-refractivity contribution in [3.05, 3.63) is 51.3 Å². The zero-order valence-corrected chi connectivity index (χ0v) is 16.6. The highest BCUT2D eigenvalue weighted by Gasteiger charge is 2.37. The highest BCUT2D eigenvalue weighted by atomic mass is 79.9. The van der Waals surface area contributed by atoms with Crippen molar-refractivity contribution >= 4 is 61.7 Å². The molecule has 2 aromatic rings. The molecule has 0 spiro atoms. The van der Waals surface area contributed by atoms with Gasteiger partial charge in [-0.25, -0.2) is 0 Å². The van der Waals surface area contributed by atoms with E-state index in [1.165, 1.54) is 11.8 Å². The van der Waals surface area contributed by atoms with Gasteiger partial charge in [0.2, 0.25) is 5.91 Å². The van der Waals surface area contributed by atoms with Gasteiger partial charge < -0.3 is 9.15 Å². The van der Waals surface area contributed by atoms with Gasteiger partial charge in [0.15, 0.2) is 0 Å². The smallest absolute Gasteiger partial charge is 0.242 e. The molecule has 1 saturated heterocycles. The first-order chi connectivity index (χ1) is 11.5. The third-order valence-electron chi connectivity index (χ3n) is 3.59. The molecule has 8 heteroatoms. The lowest BCUT2D eigenvalue weighted by Gasteiger charge is -2.15. The van der Waals surface area contributed by atoms with Crippen LogP contribution in [0.1, 0.15) is 11.3 Å². The first-order valence-electron chi connectivity index (χ1n) is 7.06. The van der Waals surface area contributed by atoms with Gasteiger partial charge in [-0.05, 0) is 52.2 Å². The van der Waals surface area contributed by atoms with Crippen LogP contribution < -0.4 is 4.74 Å². The monoisotopic (exact) mass is 445 g/mol. The molecule has 0 aliphatic carbocycles. The molecule has 0 radical (unpaired) electrons. The van der Waals surface area contributed by atoms with Gasteiger partial charge >= 0.3 is 0 Å². The van der Waals surface area contributed by atoms with Gasteiger partial charge in [-0.2, -0.15) is 0 Å². The maximum Gasteiger partial charge on any atom is 0.242 e. The van der Waals surface area contributed by atoms with E-state index in [0.29, 0.717) is 33.8 Å². The molecule has 1 aromatic carbocycles. The molecule has 3 rings (SSSR count). The Labute approximate surface area is 162 Å². The Bertz CT molecular complexity index is 782. The van der Waals surface area contributed by atoms with Crippen LogP contribution in [-0.2, 0) is 17.8 Å². The lowest BCUT2D eigenvalue weighted by Crippen LogP contribution is -2.31. The third kappa shape index (κ3) is 3.64. The molecular formula is C16H13BrClNO3S2. The number of furan rings is 1. The lowest BCUT2D eigenvalue weighted by atomic mass is 10.1. The van der Waals surface area contributed by atoms with Crippen LogP contribution in [-0.4, -0.2) is 27.5 Å². The van der Waals surface area contributed by atoms with Crippen molar-refractivity contribution < 1.29 is 13.9 Å². The van der Waals surface area contributed by atoms with Crippen LogP contribution in [0.4, 0.5) is 0 Å². The topological polar surface area (TPSA) is 42.7 Å². The Hall–Kier alpha value is -1.02. The number of halogens is 2. The molecule has 126 valence electrons. The fourth-order valence-corrected chi connectivity index (χ4v) is 5.08. The number of benzene rings is 1. The predicted octanol–water partition coefficient (Wildman–Crippen LogP) is 4.68. The number of ether oxygens (including phenoxy) is 1. The highest BCUT2D eigenvalue weighted by molar-refractivity contribution is 9.10. The summed E-state index contributed by atoms with van der Waals surface area (Å²) in [5.41, 5.74) is 0.866. The number of rotatable bonds is 5. The largest absolute Gasteiger partial charge is 0.495 e. The molecule has 24 heavy (non-hydrogen) atoms. The van der Waals surface area contributed by atoms with Crippen molar-refractivity contribution in [2.24, 2.45) is 0 Å². The Kier molecular flexibility index (Phi) is 5.54. The number of thioether (sulfide) groups is 1. The van der Waals surface area contributed by atoms with Crippen LogP contribution in [0.2, 0.25) is 5.02 Å². The van der Waals surface area contributed by atoms with E-state index < -0.39 is 0 Å². The summed E-state index contributed by atoms with van der Waals surface area (Å²) in [6, 6.07) is 7.20. The van der Waals surface area contributed by atoms with E-state index in [2.05, 4.69) is 15.9 Å². The van der Waals surface area contributed by atoms with Gasteiger partial charge in [0.05, 0.1) is 29.6 Å². The van der Waals surface area contributed by atoms with Crippen molar-refractivity contribution in [1.29, 1.82) is 0 Å². The summed E-state index contributed by atoms with van der Waals surface area (Å²) >= 11 is 16.3. The second kappa shape index (κ2) is 7.47. The van der Waals surface area contributed by atoms with Gasteiger partial charge in [0.1, 0.15) is 15.8 Å². The first-order valence-corrected chi connectivity index (χ1v) is 9.51. The molecule has 2 heterocycles. The van der Waals surface area contributed by atoms with E-state index in [4.69, 9.17) is 33.0 Å². The van der Waals surface area contributed by atoms with Crippen LogP contribution in [0.5, 0.6) is 5.75 Å². The van der Waals surface area contributed by atoms with Crippen molar-refractivity contribution in [2.75, 3.05) is 7.11 Å². The van der Waals surface area contributed by atoms with E-state index in [9.17, 15) is 4.79 Å². The SMILES string of the molecule is COc1c(Br)cc(Cl)cc1C[C@H]1SC(=S)N(Cc2ccco2)C1=O. The van der Waals surface area contributed by atoms with Gasteiger partial charge in [0.25, 0.3) is 0 Å². The van der Waals surface area contributed by atoms with Gasteiger partial charge in [-0.3, -0.25) is 9.69 Å². The molecule has 1 aliphatic rings. The second-order valence-corrected chi connectivity index (χ2v) is 8.29. The fourth-order valence-electron chi connectivity index (χ4n) is 2.52. The quantitative estimate of drug-likeness (QED) is 0.624. The van der Waals surface area contributed by atoms with E-state index in [1.54, 1.807) is 30.4 Å². The van der Waals surface area contributed by atoms with Crippen LogP contribution in [0.3, 0.4) is 0 Å². The molecule has 1 fully saturated rings. The maximum absolute atomic E-state index is 12.7. The van der Waals surface area contributed by atoms with Crippen LogP contribution in [0.25, 0.3) is 0 Å². The summed E-state index contributed by atoms with van der Waals surface area (Å²) in [7, 11) is 1.59. The molecule has 0 saturated carbocycles. The molecule has 1 atom stereocenters. The van der Waals surface area contributed by atoms with Gasteiger partial charge in [0, 0.05) is 5.02 Å².